The Hall–Kier alpha value is 0.0649. The molecule has 0 spiro atoms. The lowest BCUT2D eigenvalue weighted by Gasteiger charge is -2.04. The Balaban J connectivity index is 2.89. The maximum atomic E-state index is 2.47. The first kappa shape index (κ1) is 11.1. The van der Waals surface area contributed by atoms with E-state index in [1.165, 1.54) is 38.4 Å². The summed E-state index contributed by atoms with van der Waals surface area (Å²) in [6.07, 6.45) is 8.21. The van der Waals surface area contributed by atoms with Crippen LogP contribution in [0.5, 0.6) is 0 Å². The average molecular weight is 153 g/mol. The molecule has 1 unspecified atom stereocenters. The van der Waals surface area contributed by atoms with Crippen molar-refractivity contribution in [1.82, 2.24) is 0 Å². The van der Waals surface area contributed by atoms with Crippen molar-refractivity contribution < 1.29 is 0 Å². The van der Waals surface area contributed by atoms with E-state index >= 15 is 0 Å². The largest absolute Gasteiger partial charge is 0.113 e. The summed E-state index contributed by atoms with van der Waals surface area (Å²) in [5, 5.41) is 0. The van der Waals surface area contributed by atoms with Crippen LogP contribution >= 0.6 is 0 Å². The first-order chi connectivity index (χ1) is 5.31. The summed E-state index contributed by atoms with van der Waals surface area (Å²) in [7, 11) is 2.47. The van der Waals surface area contributed by atoms with Gasteiger partial charge < -0.3 is 0 Å². The molecule has 0 rings (SSSR count). The van der Waals surface area contributed by atoms with Gasteiger partial charge in [-0.05, 0) is 0 Å². The molecule has 0 amide bonds. The van der Waals surface area contributed by atoms with Crippen LogP contribution in [0.4, 0.5) is 0 Å². The van der Waals surface area contributed by atoms with E-state index in [9.17, 15) is 0 Å². The predicted octanol–water partition coefficient (Wildman–Crippen LogP) is 3.91. The fourth-order valence-electron chi connectivity index (χ4n) is 1.14. The Kier molecular flexibility index (Phi) is 8.21. The topological polar surface area (TPSA) is 0 Å². The van der Waals surface area contributed by atoms with Crippen molar-refractivity contribution in [1.29, 1.82) is 0 Å². The van der Waals surface area contributed by atoms with Crippen molar-refractivity contribution in [3.05, 3.63) is 0 Å². The Labute approximate surface area is 73.0 Å². The molecular formula is C10H22B. The lowest BCUT2D eigenvalue weighted by molar-refractivity contribution is 0.696. The van der Waals surface area contributed by atoms with Crippen LogP contribution in [-0.2, 0) is 0 Å². The molecule has 1 atom stereocenters. The van der Waals surface area contributed by atoms with E-state index in [4.69, 9.17) is 0 Å². The fraction of sp³-hybridized carbons (Fsp3) is 1.00. The molecule has 0 fully saturated rings. The summed E-state index contributed by atoms with van der Waals surface area (Å²) >= 11 is 0. The van der Waals surface area contributed by atoms with Gasteiger partial charge in [-0.2, -0.15) is 0 Å². The molecule has 0 saturated heterocycles. The SMILES string of the molecule is CCCCCC[B]C(C)CC. The Morgan fingerprint density at radius 2 is 1.82 bits per heavy atom. The molecule has 0 heterocycles. The van der Waals surface area contributed by atoms with Gasteiger partial charge in [0.25, 0.3) is 0 Å². The zero-order chi connectivity index (χ0) is 8.53. The second-order valence-electron chi connectivity index (χ2n) is 3.47. The molecule has 0 bridgehead atoms. The van der Waals surface area contributed by atoms with Crippen LogP contribution < -0.4 is 0 Å². The summed E-state index contributed by atoms with van der Waals surface area (Å²) in [6.45, 7) is 6.82. The molecular weight excluding hydrogens is 131 g/mol. The molecule has 0 nitrogen and oxygen atoms in total. The van der Waals surface area contributed by atoms with Gasteiger partial charge in [-0.15, -0.1) is 0 Å². The Morgan fingerprint density at radius 1 is 1.09 bits per heavy atom. The minimum absolute atomic E-state index is 0.830. The van der Waals surface area contributed by atoms with E-state index in [1.54, 1.807) is 0 Å². The zero-order valence-corrected chi connectivity index (χ0v) is 8.40. The third-order valence-electron chi connectivity index (χ3n) is 2.27. The maximum Gasteiger partial charge on any atom is 0.113 e. The van der Waals surface area contributed by atoms with Crippen molar-refractivity contribution >= 4 is 7.28 Å². The van der Waals surface area contributed by atoms with E-state index < -0.39 is 0 Å². The quantitative estimate of drug-likeness (QED) is 0.384. The molecule has 0 aliphatic rings. The molecule has 11 heavy (non-hydrogen) atoms. The van der Waals surface area contributed by atoms with E-state index in [2.05, 4.69) is 28.1 Å². The third kappa shape index (κ3) is 7.97. The summed E-state index contributed by atoms with van der Waals surface area (Å²) in [5.74, 6) is 0.830. The van der Waals surface area contributed by atoms with Crippen LogP contribution in [0.1, 0.15) is 52.9 Å². The van der Waals surface area contributed by atoms with Crippen LogP contribution in [0.2, 0.25) is 12.1 Å². The van der Waals surface area contributed by atoms with Gasteiger partial charge in [-0.1, -0.05) is 65.0 Å². The van der Waals surface area contributed by atoms with Gasteiger partial charge in [0.1, 0.15) is 7.28 Å². The highest BCUT2D eigenvalue weighted by Crippen LogP contribution is 2.11. The van der Waals surface area contributed by atoms with Crippen LogP contribution in [0.15, 0.2) is 0 Å². The number of rotatable bonds is 7. The molecule has 0 aromatic heterocycles. The summed E-state index contributed by atoms with van der Waals surface area (Å²) in [4.78, 5) is 0. The number of unbranched alkanes of at least 4 members (excludes halogenated alkanes) is 3. The van der Waals surface area contributed by atoms with Gasteiger partial charge in [-0.25, -0.2) is 0 Å². The summed E-state index contributed by atoms with van der Waals surface area (Å²) < 4.78 is 0. The molecule has 65 valence electrons. The van der Waals surface area contributed by atoms with Gasteiger partial charge >= 0.3 is 0 Å². The fourth-order valence-corrected chi connectivity index (χ4v) is 1.14. The van der Waals surface area contributed by atoms with E-state index in [0.29, 0.717) is 0 Å². The van der Waals surface area contributed by atoms with Crippen LogP contribution in [0.25, 0.3) is 0 Å². The predicted molar refractivity (Wildman–Crippen MR) is 54.4 cm³/mol. The van der Waals surface area contributed by atoms with Gasteiger partial charge in [-0.3, -0.25) is 0 Å². The smallest absolute Gasteiger partial charge is 0.0800 e. The summed E-state index contributed by atoms with van der Waals surface area (Å²) in [6, 6.07) is 0. The zero-order valence-electron chi connectivity index (χ0n) is 8.40. The van der Waals surface area contributed by atoms with Gasteiger partial charge in [0.05, 0.1) is 0 Å². The molecule has 0 aliphatic carbocycles. The van der Waals surface area contributed by atoms with Crippen molar-refractivity contribution in [2.75, 3.05) is 0 Å². The normalized spacial score (nSPS) is 13.0. The highest BCUT2D eigenvalue weighted by molar-refractivity contribution is 6.37. The molecule has 0 aliphatic heterocycles. The first-order valence-corrected chi connectivity index (χ1v) is 5.14. The van der Waals surface area contributed by atoms with Gasteiger partial charge in [0, 0.05) is 0 Å². The first-order valence-electron chi connectivity index (χ1n) is 5.14. The molecule has 0 saturated carbocycles. The summed E-state index contributed by atoms with van der Waals surface area (Å²) in [5.41, 5.74) is 0. The standard InChI is InChI=1S/C10H22B/c1-4-6-7-8-9-11-10(3)5-2/h10H,4-9H2,1-3H3. The number of hydrogen-bond donors (Lipinski definition) is 0. The van der Waals surface area contributed by atoms with Crippen molar-refractivity contribution in [3.8, 4) is 0 Å². The minimum Gasteiger partial charge on any atom is -0.0800 e. The van der Waals surface area contributed by atoms with Crippen molar-refractivity contribution in [2.24, 2.45) is 0 Å². The minimum atomic E-state index is 0.830. The van der Waals surface area contributed by atoms with Crippen LogP contribution in [0.3, 0.4) is 0 Å². The molecule has 0 aromatic carbocycles. The maximum absolute atomic E-state index is 2.47. The molecule has 0 aromatic rings. The Morgan fingerprint density at radius 3 is 2.36 bits per heavy atom. The highest BCUT2D eigenvalue weighted by atomic mass is 13.9. The van der Waals surface area contributed by atoms with Crippen LogP contribution in [-0.4, -0.2) is 7.28 Å². The lowest BCUT2D eigenvalue weighted by atomic mass is 9.61. The second kappa shape index (κ2) is 8.16. The van der Waals surface area contributed by atoms with Gasteiger partial charge in [0.2, 0.25) is 0 Å². The van der Waals surface area contributed by atoms with Gasteiger partial charge in [0.15, 0.2) is 0 Å². The average Bonchev–Trinajstić information content (AvgIpc) is 2.04. The molecule has 1 radical (unpaired) electrons. The number of hydrogen-bond acceptors (Lipinski definition) is 0. The van der Waals surface area contributed by atoms with Crippen LogP contribution in [0, 0.1) is 0 Å². The molecule has 0 N–H and O–H groups in total. The van der Waals surface area contributed by atoms with Crippen molar-refractivity contribution in [3.63, 3.8) is 0 Å². The highest BCUT2D eigenvalue weighted by Gasteiger charge is 1.99. The van der Waals surface area contributed by atoms with E-state index in [1.807, 2.05) is 0 Å². The monoisotopic (exact) mass is 153 g/mol. The van der Waals surface area contributed by atoms with Crippen molar-refractivity contribution in [2.45, 2.75) is 65.0 Å². The third-order valence-corrected chi connectivity index (χ3v) is 2.27. The van der Waals surface area contributed by atoms with E-state index in [-0.39, 0.29) is 0 Å². The lowest BCUT2D eigenvalue weighted by Crippen LogP contribution is -1.97. The molecule has 1 heteroatoms. The Bertz CT molecular complexity index is 71.3. The van der Waals surface area contributed by atoms with E-state index in [0.717, 1.165) is 5.82 Å². The second-order valence-corrected chi connectivity index (χ2v) is 3.47.